The molecule has 0 N–H and O–H groups in total. The van der Waals surface area contributed by atoms with Crippen LogP contribution in [-0.2, 0) is 14.3 Å². The molecule has 1 aliphatic carbocycles. The molecule has 6 nitrogen and oxygen atoms in total. The van der Waals surface area contributed by atoms with Crippen molar-refractivity contribution < 1.29 is 23.9 Å². The maximum Gasteiger partial charge on any atom is 0.308 e. The van der Waals surface area contributed by atoms with Crippen LogP contribution in [0.15, 0.2) is 23.4 Å². The van der Waals surface area contributed by atoms with Gasteiger partial charge in [-0.25, -0.2) is 0 Å². The second-order valence-electron chi connectivity index (χ2n) is 5.79. The van der Waals surface area contributed by atoms with E-state index in [-0.39, 0.29) is 30.1 Å². The Bertz CT molecular complexity index is 749. The van der Waals surface area contributed by atoms with Crippen LogP contribution in [0.1, 0.15) is 46.2 Å². The number of hydrogen-bond acceptors (Lipinski definition) is 6. The fourth-order valence-electron chi connectivity index (χ4n) is 3.21. The van der Waals surface area contributed by atoms with Crippen LogP contribution >= 0.6 is 0 Å². The van der Waals surface area contributed by atoms with Gasteiger partial charge < -0.3 is 9.47 Å². The van der Waals surface area contributed by atoms with Gasteiger partial charge in [0.1, 0.15) is 5.69 Å². The molecule has 0 amide bonds. The number of esters is 1. The minimum atomic E-state index is -0.555. The van der Waals surface area contributed by atoms with E-state index in [1.165, 1.54) is 13.3 Å². The quantitative estimate of drug-likeness (QED) is 0.774. The second-order valence-corrected chi connectivity index (χ2v) is 5.79. The fraction of sp³-hybridized carbons (Fsp3) is 0.412. The van der Waals surface area contributed by atoms with Crippen molar-refractivity contribution >= 4 is 17.5 Å². The fourth-order valence-corrected chi connectivity index (χ4v) is 3.21. The molecule has 120 valence electrons. The summed E-state index contributed by atoms with van der Waals surface area (Å²) in [5.41, 5.74) is 2.08. The summed E-state index contributed by atoms with van der Waals surface area (Å²) in [6.07, 6.45) is 0.788. The largest absolute Gasteiger partial charge is 0.469 e. The molecule has 0 spiro atoms. The lowest BCUT2D eigenvalue weighted by Gasteiger charge is -2.33. The van der Waals surface area contributed by atoms with Crippen LogP contribution in [0, 0.1) is 6.92 Å². The zero-order valence-corrected chi connectivity index (χ0v) is 13.2. The highest BCUT2D eigenvalue weighted by molar-refractivity contribution is 6.27. The molecule has 0 unspecified atom stereocenters. The lowest BCUT2D eigenvalue weighted by Crippen LogP contribution is -2.38. The summed E-state index contributed by atoms with van der Waals surface area (Å²) in [6, 6.07) is 1.71. The number of nitrogens with zero attached hydrogens (tertiary/aromatic N) is 1. The Labute approximate surface area is 133 Å². The summed E-state index contributed by atoms with van der Waals surface area (Å²) in [6.45, 7) is 3.50. The van der Waals surface area contributed by atoms with E-state index in [0.717, 1.165) is 5.56 Å². The molecule has 1 aromatic rings. The van der Waals surface area contributed by atoms with Crippen LogP contribution in [-0.4, -0.2) is 41.8 Å². The number of rotatable bonds is 2. The van der Waals surface area contributed by atoms with E-state index in [1.54, 1.807) is 19.9 Å². The first kappa shape index (κ1) is 15.6. The van der Waals surface area contributed by atoms with E-state index in [4.69, 9.17) is 4.74 Å². The Morgan fingerprint density at radius 1 is 1.39 bits per heavy atom. The van der Waals surface area contributed by atoms with Crippen LogP contribution < -0.4 is 0 Å². The molecule has 6 heteroatoms. The van der Waals surface area contributed by atoms with Crippen LogP contribution in [0.25, 0.3) is 0 Å². The first-order valence-electron chi connectivity index (χ1n) is 7.44. The summed E-state index contributed by atoms with van der Waals surface area (Å²) in [5.74, 6) is -0.855. The van der Waals surface area contributed by atoms with Gasteiger partial charge in [-0.2, -0.15) is 0 Å². The average molecular weight is 315 g/mol. The van der Waals surface area contributed by atoms with Crippen molar-refractivity contribution in [2.24, 2.45) is 0 Å². The smallest absolute Gasteiger partial charge is 0.308 e. The maximum atomic E-state index is 12.8. The van der Waals surface area contributed by atoms with Crippen molar-refractivity contribution in [1.82, 2.24) is 4.98 Å². The number of carbonyl (C=O) groups is 3. The van der Waals surface area contributed by atoms with Crippen molar-refractivity contribution in [3.63, 3.8) is 0 Å². The van der Waals surface area contributed by atoms with Crippen molar-refractivity contribution in [3.05, 3.63) is 40.2 Å². The Morgan fingerprint density at radius 2 is 2.13 bits per heavy atom. The summed E-state index contributed by atoms with van der Waals surface area (Å²) < 4.78 is 10.4. The van der Waals surface area contributed by atoms with Crippen molar-refractivity contribution in [2.45, 2.75) is 38.9 Å². The Balaban J connectivity index is 2.02. The average Bonchev–Trinajstić information content (AvgIpc) is 2.51. The number of hydrogen-bond donors (Lipinski definition) is 0. The van der Waals surface area contributed by atoms with Crippen molar-refractivity contribution in [2.75, 3.05) is 7.11 Å². The molecule has 0 saturated heterocycles. The lowest BCUT2D eigenvalue weighted by atomic mass is 9.79. The molecule has 23 heavy (non-hydrogen) atoms. The number of aromatic nitrogens is 1. The Kier molecular flexibility index (Phi) is 3.85. The van der Waals surface area contributed by atoms with Crippen molar-refractivity contribution in [3.8, 4) is 0 Å². The number of fused-ring (bicyclic) bond motifs is 1. The summed E-state index contributed by atoms with van der Waals surface area (Å²) in [4.78, 5) is 41.1. The third-order valence-electron chi connectivity index (χ3n) is 4.30. The minimum Gasteiger partial charge on any atom is -0.469 e. The number of pyridine rings is 1. The standard InChI is InChI=1S/C17H17NO5/c1-8-4-5-18-15-13(8)16(20)11-6-10(7-12(19)22-3)23-9(2)14(11)17(15)21/h4-5,9-10H,6-7H2,1-3H3/t9-,10-/m1/s1. The van der Waals surface area contributed by atoms with Crippen LogP contribution in [0.3, 0.4) is 0 Å². The molecule has 2 aliphatic rings. The van der Waals surface area contributed by atoms with Gasteiger partial charge in [-0.1, -0.05) is 0 Å². The maximum absolute atomic E-state index is 12.8. The highest BCUT2D eigenvalue weighted by Gasteiger charge is 2.41. The number of Topliss-reactive ketones (excluding diaryl/α,β-unsaturated/α-hetero) is 2. The number of aryl methyl sites for hydroxylation is 1. The van der Waals surface area contributed by atoms with E-state index in [0.29, 0.717) is 16.7 Å². The van der Waals surface area contributed by atoms with Gasteiger partial charge in [-0.05, 0) is 25.5 Å². The molecule has 1 aromatic heterocycles. The Morgan fingerprint density at radius 3 is 2.83 bits per heavy atom. The van der Waals surface area contributed by atoms with Crippen LogP contribution in [0.2, 0.25) is 0 Å². The van der Waals surface area contributed by atoms with Crippen LogP contribution in [0.5, 0.6) is 0 Å². The zero-order valence-electron chi connectivity index (χ0n) is 13.2. The molecule has 2 heterocycles. The molecular weight excluding hydrogens is 298 g/mol. The highest BCUT2D eigenvalue weighted by atomic mass is 16.5. The SMILES string of the molecule is COC(=O)C[C@H]1CC2=C(C(=O)c3nccc(C)c3C2=O)[C@@H](C)O1. The zero-order chi connectivity index (χ0) is 16.7. The summed E-state index contributed by atoms with van der Waals surface area (Å²) in [5, 5.41) is 0. The Hall–Kier alpha value is -2.34. The predicted octanol–water partition coefficient (Wildman–Crippen LogP) is 1.81. The first-order valence-corrected chi connectivity index (χ1v) is 7.44. The van der Waals surface area contributed by atoms with Crippen molar-refractivity contribution in [1.29, 1.82) is 0 Å². The second kappa shape index (κ2) is 5.70. The predicted molar refractivity (Wildman–Crippen MR) is 80.2 cm³/mol. The van der Waals surface area contributed by atoms with E-state index < -0.39 is 18.2 Å². The first-order chi connectivity index (χ1) is 10.9. The van der Waals surface area contributed by atoms with Crippen LogP contribution in [0.4, 0.5) is 0 Å². The molecule has 1 aliphatic heterocycles. The van der Waals surface area contributed by atoms with Gasteiger partial charge in [-0.3, -0.25) is 19.4 Å². The molecule has 0 bridgehead atoms. The number of carbonyl (C=O) groups excluding carboxylic acids is 3. The number of ketones is 2. The van der Waals surface area contributed by atoms with E-state index >= 15 is 0 Å². The molecule has 0 aromatic carbocycles. The van der Waals surface area contributed by atoms with Gasteiger partial charge >= 0.3 is 5.97 Å². The third-order valence-corrected chi connectivity index (χ3v) is 4.30. The van der Waals surface area contributed by atoms with E-state index in [2.05, 4.69) is 9.72 Å². The normalized spacial score (nSPS) is 23.4. The lowest BCUT2D eigenvalue weighted by molar-refractivity contribution is -0.144. The molecule has 0 fully saturated rings. The highest BCUT2D eigenvalue weighted by Crippen LogP contribution is 2.36. The van der Waals surface area contributed by atoms with Gasteiger partial charge in [0, 0.05) is 23.8 Å². The molecule has 0 saturated carbocycles. The minimum absolute atomic E-state index is 0.0535. The van der Waals surface area contributed by atoms with Gasteiger partial charge in [0.2, 0.25) is 5.78 Å². The number of ether oxygens (including phenoxy) is 2. The monoisotopic (exact) mass is 315 g/mol. The van der Waals surface area contributed by atoms with E-state index in [9.17, 15) is 14.4 Å². The summed E-state index contributed by atoms with van der Waals surface area (Å²) in [7, 11) is 1.31. The van der Waals surface area contributed by atoms with E-state index in [1.807, 2.05) is 0 Å². The topological polar surface area (TPSA) is 82.6 Å². The molecule has 3 rings (SSSR count). The summed E-state index contributed by atoms with van der Waals surface area (Å²) >= 11 is 0. The number of methoxy groups -OCH3 is 1. The van der Waals surface area contributed by atoms with Gasteiger partial charge in [0.15, 0.2) is 5.78 Å². The molecular formula is C17H17NO5. The van der Waals surface area contributed by atoms with Gasteiger partial charge in [0.05, 0.1) is 31.3 Å². The third kappa shape index (κ3) is 2.49. The molecule has 2 atom stereocenters. The molecule has 0 radical (unpaired) electrons. The van der Waals surface area contributed by atoms with Gasteiger partial charge in [0.25, 0.3) is 0 Å². The van der Waals surface area contributed by atoms with Gasteiger partial charge in [-0.15, -0.1) is 0 Å².